The molecule has 1 amide bonds. The molecule has 0 spiro atoms. The Kier molecular flexibility index (Phi) is 5.96. The van der Waals surface area contributed by atoms with Crippen LogP contribution in [-0.2, 0) is 11.0 Å². The minimum absolute atomic E-state index is 0.0939. The maximum atomic E-state index is 13.1. The normalized spacial score (nSPS) is 11.5. The van der Waals surface area contributed by atoms with Crippen molar-refractivity contribution in [3.8, 4) is 11.3 Å². The van der Waals surface area contributed by atoms with Crippen LogP contribution in [-0.4, -0.2) is 36.4 Å². The monoisotopic (exact) mass is 474 g/mol. The highest BCUT2D eigenvalue weighted by molar-refractivity contribution is 7.99. The summed E-state index contributed by atoms with van der Waals surface area (Å²) in [5.41, 5.74) is -0.0981. The van der Waals surface area contributed by atoms with Crippen molar-refractivity contribution in [2.75, 3.05) is 11.1 Å². The fourth-order valence-electron chi connectivity index (χ4n) is 2.95. The summed E-state index contributed by atoms with van der Waals surface area (Å²) < 4.78 is 40.7. The van der Waals surface area contributed by atoms with Gasteiger partial charge < -0.3 is 5.32 Å². The van der Waals surface area contributed by atoms with Crippen molar-refractivity contribution in [3.05, 3.63) is 76.3 Å². The number of rotatable bonds is 6. The highest BCUT2D eigenvalue weighted by Crippen LogP contribution is 2.34. The Morgan fingerprint density at radius 2 is 1.88 bits per heavy atom. The van der Waals surface area contributed by atoms with Crippen LogP contribution in [0.5, 0.6) is 0 Å². The van der Waals surface area contributed by atoms with Crippen LogP contribution >= 0.6 is 11.8 Å². The van der Waals surface area contributed by atoms with E-state index < -0.39 is 22.6 Å². The van der Waals surface area contributed by atoms with Gasteiger partial charge >= 0.3 is 6.18 Å². The number of halogens is 3. The molecule has 0 bridgehead atoms. The molecule has 2 heterocycles. The van der Waals surface area contributed by atoms with Crippen LogP contribution in [0.4, 0.5) is 24.5 Å². The van der Waals surface area contributed by atoms with Crippen LogP contribution in [0.15, 0.2) is 65.8 Å². The summed E-state index contributed by atoms with van der Waals surface area (Å²) in [5, 5.41) is 25.8. The zero-order chi connectivity index (χ0) is 23.6. The van der Waals surface area contributed by atoms with Crippen LogP contribution in [0, 0.1) is 10.1 Å². The molecule has 0 fully saturated rings. The van der Waals surface area contributed by atoms with E-state index in [1.54, 1.807) is 18.2 Å². The Morgan fingerprint density at radius 1 is 1.09 bits per heavy atom. The second kappa shape index (κ2) is 8.86. The third kappa shape index (κ3) is 4.92. The number of hydrogen-bond donors (Lipinski definition) is 1. The molecule has 0 aliphatic rings. The summed E-state index contributed by atoms with van der Waals surface area (Å²) in [7, 11) is 0. The number of hydrogen-bond acceptors (Lipinski definition) is 7. The molecule has 0 atom stereocenters. The Labute approximate surface area is 187 Å². The Morgan fingerprint density at radius 3 is 2.64 bits per heavy atom. The first-order valence-corrected chi connectivity index (χ1v) is 10.3. The Bertz CT molecular complexity index is 1360. The number of nitro groups is 1. The molecule has 0 unspecified atom stereocenters. The van der Waals surface area contributed by atoms with Gasteiger partial charge in [-0.25, -0.2) is 0 Å². The van der Waals surface area contributed by atoms with Gasteiger partial charge in [0.15, 0.2) is 5.65 Å². The SMILES string of the molecule is O=C(CSc1nnc2ccc(-c3cccc([N+](=O)[O-])c3)nn12)Nc1ccccc1C(F)(F)F. The predicted molar refractivity (Wildman–Crippen MR) is 114 cm³/mol. The van der Waals surface area contributed by atoms with Crippen LogP contribution in [0.2, 0.25) is 0 Å². The van der Waals surface area contributed by atoms with Crippen molar-refractivity contribution in [2.45, 2.75) is 11.3 Å². The van der Waals surface area contributed by atoms with E-state index >= 15 is 0 Å². The van der Waals surface area contributed by atoms with Gasteiger partial charge in [0.1, 0.15) is 0 Å². The molecule has 1 N–H and O–H groups in total. The molecular formula is C20H13F3N6O3S. The number of fused-ring (bicyclic) bond motifs is 1. The van der Waals surface area contributed by atoms with Crippen molar-refractivity contribution in [1.29, 1.82) is 0 Å². The maximum absolute atomic E-state index is 13.1. The van der Waals surface area contributed by atoms with Gasteiger partial charge in [-0.1, -0.05) is 36.0 Å². The van der Waals surface area contributed by atoms with Gasteiger partial charge in [0.05, 0.1) is 27.6 Å². The van der Waals surface area contributed by atoms with Gasteiger partial charge in [0, 0.05) is 17.7 Å². The number of thioether (sulfide) groups is 1. The first-order chi connectivity index (χ1) is 15.7. The number of aromatic nitrogens is 4. The largest absolute Gasteiger partial charge is 0.418 e. The number of nitrogens with one attached hydrogen (secondary N) is 1. The van der Waals surface area contributed by atoms with Crippen LogP contribution < -0.4 is 5.32 Å². The van der Waals surface area contributed by atoms with Crippen LogP contribution in [0.25, 0.3) is 16.9 Å². The zero-order valence-electron chi connectivity index (χ0n) is 16.5. The summed E-state index contributed by atoms with van der Waals surface area (Å²) in [6.07, 6.45) is -4.60. The standard InChI is InChI=1S/C20H13F3N6O3S/c21-20(22,23)14-6-1-2-7-16(14)24-18(30)11-33-19-26-25-17-9-8-15(27-28(17)19)12-4-3-5-13(10-12)29(31)32/h1-10H,11H2,(H,24,30). The van der Waals surface area contributed by atoms with Crippen LogP contribution in [0.3, 0.4) is 0 Å². The molecule has 0 aliphatic heterocycles. The minimum atomic E-state index is -4.60. The molecule has 168 valence electrons. The van der Waals surface area contributed by atoms with E-state index in [0.29, 0.717) is 16.9 Å². The van der Waals surface area contributed by atoms with Gasteiger partial charge in [0.2, 0.25) is 11.1 Å². The van der Waals surface area contributed by atoms with Crippen LogP contribution in [0.1, 0.15) is 5.56 Å². The molecular weight excluding hydrogens is 461 g/mol. The molecule has 4 rings (SSSR count). The number of alkyl halides is 3. The van der Waals surface area contributed by atoms with E-state index in [1.807, 2.05) is 0 Å². The topological polar surface area (TPSA) is 115 Å². The Balaban J connectivity index is 1.52. The average molecular weight is 474 g/mol. The van der Waals surface area contributed by atoms with Crippen molar-refractivity contribution < 1.29 is 22.9 Å². The number of para-hydroxylation sites is 1. The molecule has 33 heavy (non-hydrogen) atoms. The third-order valence-corrected chi connectivity index (χ3v) is 5.35. The molecule has 13 heteroatoms. The van der Waals surface area contributed by atoms with Gasteiger partial charge in [-0.3, -0.25) is 14.9 Å². The number of benzene rings is 2. The number of nitrogens with zero attached hydrogens (tertiary/aromatic N) is 5. The lowest BCUT2D eigenvalue weighted by atomic mass is 10.1. The number of nitro benzene ring substituents is 1. The van der Waals surface area contributed by atoms with Crippen molar-refractivity contribution in [3.63, 3.8) is 0 Å². The zero-order valence-corrected chi connectivity index (χ0v) is 17.3. The summed E-state index contributed by atoms with van der Waals surface area (Å²) in [6, 6.07) is 13.8. The maximum Gasteiger partial charge on any atom is 0.418 e. The highest BCUT2D eigenvalue weighted by Gasteiger charge is 2.33. The van der Waals surface area contributed by atoms with E-state index in [-0.39, 0.29) is 22.3 Å². The lowest BCUT2D eigenvalue weighted by Gasteiger charge is -2.13. The summed E-state index contributed by atoms with van der Waals surface area (Å²) >= 11 is 0.935. The van der Waals surface area contributed by atoms with Gasteiger partial charge in [0.25, 0.3) is 5.69 Å². The van der Waals surface area contributed by atoms with Gasteiger partial charge in [-0.05, 0) is 24.3 Å². The molecule has 0 saturated heterocycles. The highest BCUT2D eigenvalue weighted by atomic mass is 32.2. The number of carbonyl (C=O) groups is 1. The number of carbonyl (C=O) groups excluding carboxylic acids is 1. The molecule has 2 aromatic carbocycles. The van der Waals surface area contributed by atoms with E-state index in [2.05, 4.69) is 20.6 Å². The average Bonchev–Trinajstić information content (AvgIpc) is 3.19. The third-order valence-electron chi connectivity index (χ3n) is 4.43. The molecule has 0 radical (unpaired) electrons. The Hall–Kier alpha value is -4.00. The molecule has 9 nitrogen and oxygen atoms in total. The molecule has 0 aliphatic carbocycles. The second-order valence-electron chi connectivity index (χ2n) is 6.66. The first kappa shape index (κ1) is 22.2. The van der Waals surface area contributed by atoms with E-state index in [9.17, 15) is 28.1 Å². The van der Waals surface area contributed by atoms with Gasteiger partial charge in [-0.15, -0.1) is 10.2 Å². The van der Waals surface area contributed by atoms with Crippen molar-refractivity contribution in [2.24, 2.45) is 0 Å². The van der Waals surface area contributed by atoms with Gasteiger partial charge in [-0.2, -0.15) is 22.8 Å². The van der Waals surface area contributed by atoms with E-state index in [0.717, 1.165) is 17.8 Å². The lowest BCUT2D eigenvalue weighted by molar-refractivity contribution is -0.384. The summed E-state index contributed by atoms with van der Waals surface area (Å²) in [4.78, 5) is 22.8. The summed E-state index contributed by atoms with van der Waals surface area (Å²) in [5.74, 6) is -0.904. The minimum Gasteiger partial charge on any atom is -0.325 e. The predicted octanol–water partition coefficient (Wildman–Crippen LogP) is 4.45. The molecule has 4 aromatic rings. The fraction of sp³-hybridized carbons (Fsp3) is 0.100. The number of non-ortho nitro benzene ring substituents is 1. The number of anilines is 1. The second-order valence-corrected chi connectivity index (χ2v) is 7.60. The molecule has 2 aromatic heterocycles. The lowest BCUT2D eigenvalue weighted by Crippen LogP contribution is -2.18. The van der Waals surface area contributed by atoms with Crippen molar-refractivity contribution in [1.82, 2.24) is 19.8 Å². The van der Waals surface area contributed by atoms with E-state index in [1.165, 1.54) is 40.9 Å². The first-order valence-electron chi connectivity index (χ1n) is 9.28. The van der Waals surface area contributed by atoms with E-state index in [4.69, 9.17) is 0 Å². The fourth-order valence-corrected chi connectivity index (χ4v) is 3.64. The quantitative estimate of drug-likeness (QED) is 0.249. The smallest absolute Gasteiger partial charge is 0.325 e. The number of amides is 1. The molecule has 0 saturated carbocycles. The summed E-state index contributed by atoms with van der Waals surface area (Å²) in [6.45, 7) is 0. The van der Waals surface area contributed by atoms with Crippen molar-refractivity contribution >= 4 is 34.7 Å².